The van der Waals surface area contributed by atoms with Crippen molar-refractivity contribution in [2.45, 2.75) is 19.4 Å². The number of nitriles is 1. The van der Waals surface area contributed by atoms with Crippen LogP contribution in [0.3, 0.4) is 0 Å². The molecule has 102 valence electrons. The van der Waals surface area contributed by atoms with Crippen LogP contribution in [0.5, 0.6) is 11.5 Å². The molecule has 0 spiro atoms. The van der Waals surface area contributed by atoms with Gasteiger partial charge in [0.1, 0.15) is 6.61 Å². The van der Waals surface area contributed by atoms with Gasteiger partial charge in [-0.3, -0.25) is 0 Å². The number of ether oxygens (including phenoxy) is 2. The van der Waals surface area contributed by atoms with Crippen molar-refractivity contribution in [3.05, 3.63) is 59.7 Å². The van der Waals surface area contributed by atoms with Crippen LogP contribution in [0.2, 0.25) is 0 Å². The maximum Gasteiger partial charge on any atom is 0.161 e. The summed E-state index contributed by atoms with van der Waals surface area (Å²) in [6.45, 7) is 0.509. The van der Waals surface area contributed by atoms with Crippen molar-refractivity contribution in [3.8, 4) is 17.6 Å². The van der Waals surface area contributed by atoms with E-state index in [0.717, 1.165) is 23.3 Å². The maximum absolute atomic E-state index is 8.61. The highest BCUT2D eigenvalue weighted by Crippen LogP contribution is 2.29. The number of hydrogen-bond donors (Lipinski definition) is 0. The quantitative estimate of drug-likeness (QED) is 0.800. The van der Waals surface area contributed by atoms with Gasteiger partial charge in [0, 0.05) is 6.42 Å². The second-order valence-corrected chi connectivity index (χ2v) is 4.42. The van der Waals surface area contributed by atoms with Crippen LogP contribution in [0.1, 0.15) is 17.5 Å². The highest BCUT2D eigenvalue weighted by atomic mass is 16.5. The molecule has 0 fully saturated rings. The Morgan fingerprint density at radius 3 is 2.50 bits per heavy atom. The highest BCUT2D eigenvalue weighted by molar-refractivity contribution is 5.43. The van der Waals surface area contributed by atoms with Gasteiger partial charge in [-0.2, -0.15) is 5.26 Å². The molecule has 0 unspecified atom stereocenters. The summed E-state index contributed by atoms with van der Waals surface area (Å²) < 4.78 is 11.1. The van der Waals surface area contributed by atoms with Gasteiger partial charge >= 0.3 is 0 Å². The summed E-state index contributed by atoms with van der Waals surface area (Å²) in [5.41, 5.74) is 2.19. The van der Waals surface area contributed by atoms with Gasteiger partial charge in [0.25, 0.3) is 0 Å². The molecule has 2 aromatic carbocycles. The summed E-state index contributed by atoms with van der Waals surface area (Å²) in [7, 11) is 1.62. The van der Waals surface area contributed by atoms with E-state index in [9.17, 15) is 0 Å². The predicted octanol–water partition coefficient (Wildman–Crippen LogP) is 3.73. The van der Waals surface area contributed by atoms with Gasteiger partial charge in [0.05, 0.1) is 13.2 Å². The lowest BCUT2D eigenvalue weighted by Crippen LogP contribution is -1.98. The third-order valence-corrected chi connectivity index (χ3v) is 2.99. The molecule has 2 rings (SSSR count). The Bertz CT molecular complexity index is 588. The molecule has 0 aromatic heterocycles. The van der Waals surface area contributed by atoms with Crippen molar-refractivity contribution in [1.29, 1.82) is 5.26 Å². The molecule has 0 aliphatic heterocycles. The van der Waals surface area contributed by atoms with Gasteiger partial charge in [-0.05, 0) is 29.7 Å². The number of nitrogens with zero attached hydrogens (tertiary/aromatic N) is 1. The first-order chi connectivity index (χ1) is 9.83. The highest BCUT2D eigenvalue weighted by Gasteiger charge is 2.06. The van der Waals surface area contributed by atoms with Crippen LogP contribution in [0.4, 0.5) is 0 Å². The summed E-state index contributed by atoms with van der Waals surface area (Å²) >= 11 is 0. The van der Waals surface area contributed by atoms with Crippen LogP contribution >= 0.6 is 0 Å². The van der Waals surface area contributed by atoms with E-state index >= 15 is 0 Å². The first kappa shape index (κ1) is 14.0. The molecule has 0 N–H and O–H groups in total. The Balaban J connectivity index is 2.06. The Morgan fingerprint density at radius 1 is 1.00 bits per heavy atom. The van der Waals surface area contributed by atoms with Crippen molar-refractivity contribution in [2.24, 2.45) is 0 Å². The van der Waals surface area contributed by atoms with E-state index in [1.54, 1.807) is 7.11 Å². The largest absolute Gasteiger partial charge is 0.493 e. The second kappa shape index (κ2) is 7.20. The zero-order valence-corrected chi connectivity index (χ0v) is 11.5. The molecule has 20 heavy (non-hydrogen) atoms. The normalized spacial score (nSPS) is 9.80. The second-order valence-electron chi connectivity index (χ2n) is 4.42. The Kier molecular flexibility index (Phi) is 5.02. The third-order valence-electron chi connectivity index (χ3n) is 2.99. The lowest BCUT2D eigenvalue weighted by molar-refractivity contribution is 0.284. The zero-order chi connectivity index (χ0) is 14.2. The Hall–Kier alpha value is -2.47. The average Bonchev–Trinajstić information content (AvgIpc) is 2.52. The monoisotopic (exact) mass is 267 g/mol. The lowest BCUT2D eigenvalue weighted by Gasteiger charge is -2.12. The SMILES string of the molecule is COc1cc(CCC#N)ccc1OCc1ccccc1. The minimum atomic E-state index is 0.507. The van der Waals surface area contributed by atoms with E-state index in [-0.39, 0.29) is 0 Å². The number of hydrogen-bond acceptors (Lipinski definition) is 3. The molecule has 3 nitrogen and oxygen atoms in total. The first-order valence-electron chi connectivity index (χ1n) is 6.54. The molecule has 2 aromatic rings. The topological polar surface area (TPSA) is 42.2 Å². The molecule has 0 radical (unpaired) electrons. The van der Waals surface area contributed by atoms with Crippen LogP contribution in [-0.2, 0) is 13.0 Å². The fourth-order valence-corrected chi connectivity index (χ4v) is 1.92. The van der Waals surface area contributed by atoms with Gasteiger partial charge in [0.15, 0.2) is 11.5 Å². The molecule has 0 bridgehead atoms. The van der Waals surface area contributed by atoms with Gasteiger partial charge in [0.2, 0.25) is 0 Å². The first-order valence-corrected chi connectivity index (χ1v) is 6.54. The summed E-state index contributed by atoms with van der Waals surface area (Å²) in [6, 6.07) is 17.9. The van der Waals surface area contributed by atoms with Crippen LogP contribution < -0.4 is 9.47 Å². The average molecular weight is 267 g/mol. The van der Waals surface area contributed by atoms with E-state index in [2.05, 4.69) is 6.07 Å². The molecule has 0 amide bonds. The standard InChI is InChI=1S/C17H17NO2/c1-19-17-12-14(8-5-11-18)9-10-16(17)20-13-15-6-3-2-4-7-15/h2-4,6-7,9-10,12H,5,8,13H2,1H3. The Labute approximate surface area is 119 Å². The minimum Gasteiger partial charge on any atom is -0.493 e. The fourth-order valence-electron chi connectivity index (χ4n) is 1.92. The lowest BCUT2D eigenvalue weighted by atomic mass is 10.1. The predicted molar refractivity (Wildman–Crippen MR) is 77.7 cm³/mol. The van der Waals surface area contributed by atoms with Crippen LogP contribution in [0.15, 0.2) is 48.5 Å². The van der Waals surface area contributed by atoms with E-state index in [1.807, 2.05) is 48.5 Å². The van der Waals surface area contributed by atoms with E-state index in [0.29, 0.717) is 18.8 Å². The smallest absolute Gasteiger partial charge is 0.161 e. The fraction of sp³-hybridized carbons (Fsp3) is 0.235. The maximum atomic E-state index is 8.61. The molecular formula is C17H17NO2. The van der Waals surface area contributed by atoms with Crippen molar-refractivity contribution >= 4 is 0 Å². The van der Waals surface area contributed by atoms with Crippen molar-refractivity contribution < 1.29 is 9.47 Å². The molecular weight excluding hydrogens is 250 g/mol. The Morgan fingerprint density at radius 2 is 1.80 bits per heavy atom. The van der Waals surface area contributed by atoms with Crippen LogP contribution in [0, 0.1) is 11.3 Å². The molecule has 0 saturated heterocycles. The van der Waals surface area contributed by atoms with E-state index in [4.69, 9.17) is 14.7 Å². The summed E-state index contributed by atoms with van der Waals surface area (Å²) in [5.74, 6) is 1.42. The van der Waals surface area contributed by atoms with Crippen molar-refractivity contribution in [2.75, 3.05) is 7.11 Å². The molecule has 0 atom stereocenters. The van der Waals surface area contributed by atoms with Gasteiger partial charge < -0.3 is 9.47 Å². The van der Waals surface area contributed by atoms with Gasteiger partial charge in [-0.15, -0.1) is 0 Å². The minimum absolute atomic E-state index is 0.507. The number of benzene rings is 2. The number of rotatable bonds is 6. The molecule has 0 saturated carbocycles. The summed E-state index contributed by atoms with van der Waals surface area (Å²) in [6.07, 6.45) is 1.24. The zero-order valence-electron chi connectivity index (χ0n) is 11.5. The molecule has 0 aliphatic rings. The van der Waals surface area contributed by atoms with Gasteiger partial charge in [-0.1, -0.05) is 36.4 Å². The number of methoxy groups -OCH3 is 1. The molecule has 0 heterocycles. The molecule has 0 aliphatic carbocycles. The molecule has 3 heteroatoms. The summed E-state index contributed by atoms with van der Waals surface area (Å²) in [4.78, 5) is 0. The van der Waals surface area contributed by atoms with Crippen LogP contribution in [0.25, 0.3) is 0 Å². The number of aryl methyl sites for hydroxylation is 1. The van der Waals surface area contributed by atoms with Crippen LogP contribution in [-0.4, -0.2) is 7.11 Å². The third kappa shape index (κ3) is 3.76. The van der Waals surface area contributed by atoms with E-state index < -0.39 is 0 Å². The van der Waals surface area contributed by atoms with Crippen molar-refractivity contribution in [3.63, 3.8) is 0 Å². The summed E-state index contributed by atoms with van der Waals surface area (Å²) in [5, 5.41) is 8.61. The van der Waals surface area contributed by atoms with E-state index in [1.165, 1.54) is 0 Å². The van der Waals surface area contributed by atoms with Gasteiger partial charge in [-0.25, -0.2) is 0 Å². The van der Waals surface area contributed by atoms with Crippen molar-refractivity contribution in [1.82, 2.24) is 0 Å².